The van der Waals surface area contributed by atoms with Gasteiger partial charge in [0, 0.05) is 30.7 Å². The molecule has 25 heavy (non-hydrogen) atoms. The SMILES string of the molecule is CSc1nsc(/N=N/c2cc(O)c(O)c(/N=N/c3ccnn3C)c2)n1. The number of aryl methyl sites for hydroxylation is 1. The van der Waals surface area contributed by atoms with E-state index in [1.165, 1.54) is 28.6 Å². The Balaban J connectivity index is 1.87. The Morgan fingerprint density at radius 1 is 1.16 bits per heavy atom. The van der Waals surface area contributed by atoms with Gasteiger partial charge in [0.15, 0.2) is 17.3 Å². The molecule has 0 fully saturated rings. The molecule has 2 N–H and O–H groups in total. The molecule has 0 spiro atoms. The van der Waals surface area contributed by atoms with Crippen molar-refractivity contribution in [2.75, 3.05) is 6.26 Å². The van der Waals surface area contributed by atoms with E-state index >= 15 is 0 Å². The van der Waals surface area contributed by atoms with E-state index in [2.05, 4.69) is 34.9 Å². The monoisotopic (exact) mass is 376 g/mol. The maximum atomic E-state index is 9.92. The summed E-state index contributed by atoms with van der Waals surface area (Å²) < 4.78 is 5.59. The number of thioether (sulfide) groups is 1. The molecule has 1 aromatic carbocycles. The highest BCUT2D eigenvalue weighted by molar-refractivity contribution is 7.98. The van der Waals surface area contributed by atoms with Gasteiger partial charge < -0.3 is 10.2 Å². The number of aromatic hydroxyl groups is 2. The molecule has 12 heteroatoms. The minimum Gasteiger partial charge on any atom is -0.504 e. The van der Waals surface area contributed by atoms with Crippen molar-refractivity contribution >= 4 is 45.6 Å². The van der Waals surface area contributed by atoms with Crippen molar-refractivity contribution in [2.24, 2.45) is 27.5 Å². The van der Waals surface area contributed by atoms with Gasteiger partial charge in [-0.1, -0.05) is 11.8 Å². The summed E-state index contributed by atoms with van der Waals surface area (Å²) in [5.41, 5.74) is 0.340. The van der Waals surface area contributed by atoms with Gasteiger partial charge in [-0.25, -0.2) is 4.68 Å². The lowest BCUT2D eigenvalue weighted by Crippen LogP contribution is -1.86. The molecule has 0 unspecified atom stereocenters. The van der Waals surface area contributed by atoms with Crippen LogP contribution >= 0.6 is 23.3 Å². The number of aromatic nitrogens is 4. The molecule has 0 saturated carbocycles. The van der Waals surface area contributed by atoms with E-state index in [9.17, 15) is 10.2 Å². The third kappa shape index (κ3) is 3.97. The zero-order valence-corrected chi connectivity index (χ0v) is 14.7. The van der Waals surface area contributed by atoms with E-state index in [1.807, 2.05) is 6.26 Å². The van der Waals surface area contributed by atoms with Gasteiger partial charge in [0.25, 0.3) is 0 Å². The highest BCUT2D eigenvalue weighted by atomic mass is 32.2. The van der Waals surface area contributed by atoms with E-state index in [0.29, 0.717) is 16.1 Å². The molecule has 0 amide bonds. The zero-order valence-electron chi connectivity index (χ0n) is 13.1. The van der Waals surface area contributed by atoms with Crippen LogP contribution in [0, 0.1) is 0 Å². The van der Waals surface area contributed by atoms with Gasteiger partial charge in [0.2, 0.25) is 10.3 Å². The number of phenols is 2. The molecular weight excluding hydrogens is 364 g/mol. The Morgan fingerprint density at radius 2 is 2.00 bits per heavy atom. The molecule has 0 radical (unpaired) electrons. The predicted octanol–water partition coefficient (Wildman–Crippen LogP) is 4.24. The summed E-state index contributed by atoms with van der Waals surface area (Å²) in [6.45, 7) is 0. The zero-order chi connectivity index (χ0) is 17.8. The van der Waals surface area contributed by atoms with Crippen LogP contribution in [-0.4, -0.2) is 35.6 Å². The summed E-state index contributed by atoms with van der Waals surface area (Å²) in [6.07, 6.45) is 3.43. The van der Waals surface area contributed by atoms with Gasteiger partial charge >= 0.3 is 0 Å². The van der Waals surface area contributed by atoms with Crippen LogP contribution in [0.4, 0.5) is 22.3 Å². The lowest BCUT2D eigenvalue weighted by atomic mass is 10.2. The molecule has 0 atom stereocenters. The van der Waals surface area contributed by atoms with Gasteiger partial charge in [-0.2, -0.15) is 14.5 Å². The second-order valence-electron chi connectivity index (χ2n) is 4.61. The van der Waals surface area contributed by atoms with Gasteiger partial charge in [-0.15, -0.1) is 20.5 Å². The van der Waals surface area contributed by atoms with Gasteiger partial charge in [0.05, 0.1) is 11.9 Å². The first kappa shape index (κ1) is 17.0. The third-order valence-electron chi connectivity index (χ3n) is 2.94. The van der Waals surface area contributed by atoms with E-state index in [-0.39, 0.29) is 17.1 Å². The van der Waals surface area contributed by atoms with Crippen LogP contribution in [0.15, 0.2) is 50.0 Å². The first-order valence-electron chi connectivity index (χ1n) is 6.82. The van der Waals surface area contributed by atoms with Crippen LogP contribution in [0.1, 0.15) is 0 Å². The van der Waals surface area contributed by atoms with Crippen LogP contribution < -0.4 is 0 Å². The molecule has 0 aliphatic carbocycles. The number of azo groups is 2. The smallest absolute Gasteiger partial charge is 0.250 e. The topological polar surface area (TPSA) is 134 Å². The molecule has 2 heterocycles. The molecule has 0 aliphatic heterocycles. The maximum Gasteiger partial charge on any atom is 0.250 e. The largest absolute Gasteiger partial charge is 0.504 e. The number of benzene rings is 1. The highest BCUT2D eigenvalue weighted by Gasteiger charge is 2.10. The number of hydrogen-bond donors (Lipinski definition) is 2. The average Bonchev–Trinajstić information content (AvgIpc) is 3.23. The molecule has 128 valence electrons. The van der Waals surface area contributed by atoms with Crippen LogP contribution in [0.25, 0.3) is 0 Å². The standard InChI is InChI=1S/C13H12N8O2S2/c1-21-10(3-4-14-21)18-17-8-5-7(6-9(22)11(8)23)16-19-12-15-13(24-2)20-25-12/h3-6,22-23H,1-2H3/b18-17+,19-16+. The lowest BCUT2D eigenvalue weighted by molar-refractivity contribution is 0.405. The van der Waals surface area contributed by atoms with Crippen molar-refractivity contribution in [1.82, 2.24) is 19.1 Å². The van der Waals surface area contributed by atoms with Crippen LogP contribution in [0.3, 0.4) is 0 Å². The summed E-state index contributed by atoms with van der Waals surface area (Å²) in [5.74, 6) is -0.285. The van der Waals surface area contributed by atoms with Crippen molar-refractivity contribution in [3.8, 4) is 11.5 Å². The van der Waals surface area contributed by atoms with Crippen molar-refractivity contribution in [2.45, 2.75) is 5.16 Å². The Hall–Kier alpha value is -2.86. The summed E-state index contributed by atoms with van der Waals surface area (Å²) >= 11 is 2.51. The highest BCUT2D eigenvalue weighted by Crippen LogP contribution is 2.40. The second-order valence-corrected chi connectivity index (χ2v) is 6.11. The summed E-state index contributed by atoms with van der Waals surface area (Å²) in [5, 5.41) is 40.5. The summed E-state index contributed by atoms with van der Waals surface area (Å²) in [7, 11) is 1.71. The van der Waals surface area contributed by atoms with Gasteiger partial charge in [-0.3, -0.25) is 0 Å². The Kier molecular flexibility index (Phi) is 5.00. The lowest BCUT2D eigenvalue weighted by Gasteiger charge is -2.02. The summed E-state index contributed by atoms with van der Waals surface area (Å²) in [6, 6.07) is 4.36. The van der Waals surface area contributed by atoms with Crippen LogP contribution in [0.5, 0.6) is 11.5 Å². The van der Waals surface area contributed by atoms with Crippen molar-refractivity contribution in [1.29, 1.82) is 0 Å². The number of rotatable bonds is 5. The van der Waals surface area contributed by atoms with E-state index < -0.39 is 5.75 Å². The number of nitrogens with zero attached hydrogens (tertiary/aromatic N) is 8. The Morgan fingerprint density at radius 3 is 2.68 bits per heavy atom. The molecule has 0 saturated heterocycles. The number of hydrogen-bond acceptors (Lipinski definition) is 11. The average molecular weight is 376 g/mol. The second kappa shape index (κ2) is 7.36. The number of phenolic OH excluding ortho intramolecular Hbond substituents is 2. The van der Waals surface area contributed by atoms with Crippen LogP contribution in [0.2, 0.25) is 0 Å². The van der Waals surface area contributed by atoms with Crippen LogP contribution in [-0.2, 0) is 7.05 Å². The third-order valence-corrected chi connectivity index (χ3v) is 4.20. The minimum absolute atomic E-state index is 0.0530. The molecule has 3 aromatic rings. The predicted molar refractivity (Wildman–Crippen MR) is 93.0 cm³/mol. The molecule has 0 bridgehead atoms. The normalized spacial score (nSPS) is 11.8. The fraction of sp³-hybridized carbons (Fsp3) is 0.154. The maximum absolute atomic E-state index is 9.92. The molecule has 0 aliphatic rings. The molecular formula is C13H12N8O2S2. The molecule has 10 nitrogen and oxygen atoms in total. The van der Waals surface area contributed by atoms with E-state index in [0.717, 1.165) is 11.5 Å². The van der Waals surface area contributed by atoms with Crippen molar-refractivity contribution in [3.05, 3.63) is 24.4 Å². The Labute approximate surface area is 150 Å². The van der Waals surface area contributed by atoms with E-state index in [4.69, 9.17) is 0 Å². The molecule has 2 aromatic heterocycles. The molecule has 3 rings (SSSR count). The fourth-order valence-electron chi connectivity index (χ4n) is 1.72. The first-order chi connectivity index (χ1) is 12.1. The first-order valence-corrected chi connectivity index (χ1v) is 8.82. The fourth-order valence-corrected chi connectivity index (χ4v) is 2.77. The van der Waals surface area contributed by atoms with Crippen molar-refractivity contribution < 1.29 is 10.2 Å². The summed E-state index contributed by atoms with van der Waals surface area (Å²) in [4.78, 5) is 4.13. The van der Waals surface area contributed by atoms with Gasteiger partial charge in [0.1, 0.15) is 5.69 Å². The quantitative estimate of drug-likeness (QED) is 0.389. The van der Waals surface area contributed by atoms with Crippen molar-refractivity contribution in [3.63, 3.8) is 0 Å². The van der Waals surface area contributed by atoms with E-state index in [1.54, 1.807) is 19.3 Å². The Bertz CT molecular complexity index is 949. The minimum atomic E-state index is -0.398. The van der Waals surface area contributed by atoms with Gasteiger partial charge in [-0.05, 0) is 12.3 Å².